The van der Waals surface area contributed by atoms with Gasteiger partial charge in [0, 0.05) is 24.2 Å². The minimum absolute atomic E-state index is 0.129. The van der Waals surface area contributed by atoms with Crippen molar-refractivity contribution in [1.82, 2.24) is 9.80 Å². The van der Waals surface area contributed by atoms with Gasteiger partial charge in [0.25, 0.3) is 5.91 Å². The lowest BCUT2D eigenvalue weighted by Crippen LogP contribution is -2.59. The third-order valence-corrected chi connectivity index (χ3v) is 7.94. The Bertz CT molecular complexity index is 863. The van der Waals surface area contributed by atoms with E-state index in [0.29, 0.717) is 18.3 Å². The van der Waals surface area contributed by atoms with E-state index in [1.54, 1.807) is 0 Å². The van der Waals surface area contributed by atoms with Gasteiger partial charge in [-0.2, -0.15) is 0 Å². The van der Waals surface area contributed by atoms with Crippen LogP contribution in [0.25, 0.3) is 0 Å². The Morgan fingerprint density at radius 2 is 1.48 bits per heavy atom. The number of carbonyl (C=O) groups is 1. The maximum absolute atomic E-state index is 13.1. The predicted molar refractivity (Wildman–Crippen MR) is 123 cm³/mol. The summed E-state index contributed by atoms with van der Waals surface area (Å²) in [5.74, 6) is 1.27. The number of hydrogen-bond acceptors (Lipinski definition) is 3. The van der Waals surface area contributed by atoms with Crippen LogP contribution in [0.1, 0.15) is 60.4 Å². The van der Waals surface area contributed by atoms with E-state index >= 15 is 0 Å². The third kappa shape index (κ3) is 4.28. The van der Waals surface area contributed by atoms with Crippen LogP contribution in [-0.4, -0.2) is 58.6 Å². The van der Waals surface area contributed by atoms with Crippen LogP contribution in [0.3, 0.4) is 0 Å². The van der Waals surface area contributed by atoms with Gasteiger partial charge in [-0.15, -0.1) is 0 Å². The molecule has 0 spiro atoms. The summed E-state index contributed by atoms with van der Waals surface area (Å²) in [6.07, 6.45) is 5.96. The lowest BCUT2D eigenvalue weighted by atomic mass is 9.73. The molecule has 2 saturated heterocycles. The van der Waals surface area contributed by atoms with Crippen molar-refractivity contribution in [1.29, 1.82) is 0 Å². The average molecular weight is 419 g/mol. The third-order valence-electron chi connectivity index (χ3n) is 7.94. The molecule has 4 atom stereocenters. The largest absolute Gasteiger partial charge is 0.391 e. The van der Waals surface area contributed by atoms with Gasteiger partial charge in [-0.1, -0.05) is 48.5 Å². The van der Waals surface area contributed by atoms with Crippen molar-refractivity contribution in [3.05, 3.63) is 71.8 Å². The maximum Gasteiger partial charge on any atom is 0.254 e. The molecule has 5 rings (SSSR count). The van der Waals surface area contributed by atoms with Crippen molar-refractivity contribution in [2.45, 2.75) is 62.6 Å². The van der Waals surface area contributed by atoms with Gasteiger partial charge >= 0.3 is 0 Å². The van der Waals surface area contributed by atoms with E-state index in [9.17, 15) is 9.90 Å². The van der Waals surface area contributed by atoms with Crippen LogP contribution in [0.4, 0.5) is 0 Å². The summed E-state index contributed by atoms with van der Waals surface area (Å²) < 4.78 is 0. The number of carbonyl (C=O) groups excluding carboxylic acids is 1. The van der Waals surface area contributed by atoms with E-state index in [-0.39, 0.29) is 24.1 Å². The molecule has 164 valence electrons. The van der Waals surface area contributed by atoms with E-state index in [1.807, 2.05) is 30.3 Å². The van der Waals surface area contributed by atoms with E-state index in [1.165, 1.54) is 24.8 Å². The highest BCUT2D eigenvalue weighted by Gasteiger charge is 2.44. The molecule has 0 radical (unpaired) electrons. The molecule has 1 aliphatic carbocycles. The van der Waals surface area contributed by atoms with Crippen molar-refractivity contribution in [2.24, 2.45) is 5.92 Å². The van der Waals surface area contributed by atoms with Gasteiger partial charge in [0.2, 0.25) is 0 Å². The van der Waals surface area contributed by atoms with Crippen molar-refractivity contribution in [2.75, 3.05) is 19.6 Å². The normalized spacial score (nSPS) is 30.0. The van der Waals surface area contributed by atoms with Crippen LogP contribution in [-0.2, 0) is 0 Å². The molecule has 0 unspecified atom stereocenters. The first kappa shape index (κ1) is 20.7. The van der Waals surface area contributed by atoms with E-state index in [2.05, 4.69) is 40.1 Å². The van der Waals surface area contributed by atoms with Gasteiger partial charge in [0.1, 0.15) is 0 Å². The minimum atomic E-state index is -0.348. The molecule has 4 heteroatoms. The highest BCUT2D eigenvalue weighted by molar-refractivity contribution is 5.94. The van der Waals surface area contributed by atoms with Gasteiger partial charge < -0.3 is 10.0 Å². The molecule has 3 aliphatic rings. The van der Waals surface area contributed by atoms with Gasteiger partial charge in [0.15, 0.2) is 0 Å². The van der Waals surface area contributed by atoms with Crippen molar-refractivity contribution in [3.63, 3.8) is 0 Å². The molecule has 31 heavy (non-hydrogen) atoms. The molecular formula is C27H34N2O2. The SMILES string of the molecule is O=C(c1ccccc1)N1CCC[C@@H]2C[C@@H](N3CCC(c4ccccc4)CC3)[C@H](O)C[C@H]21. The molecule has 0 bridgehead atoms. The minimum Gasteiger partial charge on any atom is -0.391 e. The quantitative estimate of drug-likeness (QED) is 0.808. The zero-order chi connectivity index (χ0) is 21.2. The molecule has 2 aromatic carbocycles. The van der Waals surface area contributed by atoms with Crippen LogP contribution >= 0.6 is 0 Å². The summed E-state index contributed by atoms with van der Waals surface area (Å²) in [5.41, 5.74) is 2.22. The van der Waals surface area contributed by atoms with E-state index in [4.69, 9.17) is 0 Å². The topological polar surface area (TPSA) is 43.8 Å². The highest BCUT2D eigenvalue weighted by Crippen LogP contribution is 2.39. The maximum atomic E-state index is 13.1. The fourth-order valence-electron chi connectivity index (χ4n) is 6.28. The Hall–Kier alpha value is -2.17. The molecule has 1 N–H and O–H groups in total. The lowest BCUT2D eigenvalue weighted by Gasteiger charge is -2.51. The molecule has 2 aromatic rings. The smallest absolute Gasteiger partial charge is 0.254 e. The summed E-state index contributed by atoms with van der Waals surface area (Å²) in [6, 6.07) is 20.9. The number of benzene rings is 2. The van der Waals surface area contributed by atoms with E-state index in [0.717, 1.165) is 38.0 Å². The molecule has 3 fully saturated rings. The van der Waals surface area contributed by atoms with Crippen LogP contribution in [0.15, 0.2) is 60.7 Å². The Labute approximate surface area is 185 Å². The van der Waals surface area contributed by atoms with Gasteiger partial charge in [-0.3, -0.25) is 9.69 Å². The Morgan fingerprint density at radius 3 is 2.19 bits per heavy atom. The summed E-state index contributed by atoms with van der Waals surface area (Å²) in [4.78, 5) is 17.7. The second-order valence-electron chi connectivity index (χ2n) is 9.66. The first-order valence-electron chi connectivity index (χ1n) is 12.0. The van der Waals surface area contributed by atoms with Crippen molar-refractivity contribution >= 4 is 5.91 Å². The first-order valence-corrected chi connectivity index (χ1v) is 12.0. The van der Waals surface area contributed by atoms with Crippen LogP contribution in [0.2, 0.25) is 0 Å². The molecule has 4 nitrogen and oxygen atoms in total. The Balaban J connectivity index is 1.23. The molecule has 2 heterocycles. The van der Waals surface area contributed by atoms with Crippen LogP contribution in [0.5, 0.6) is 0 Å². The lowest BCUT2D eigenvalue weighted by molar-refractivity contribution is -0.0513. The summed E-state index contributed by atoms with van der Waals surface area (Å²) in [5, 5.41) is 11.1. The predicted octanol–water partition coefficient (Wildman–Crippen LogP) is 4.31. The molecule has 0 aromatic heterocycles. The highest BCUT2D eigenvalue weighted by atomic mass is 16.3. The summed E-state index contributed by atoms with van der Waals surface area (Å²) in [7, 11) is 0. The number of likely N-dealkylation sites (tertiary alicyclic amines) is 2. The second-order valence-corrected chi connectivity index (χ2v) is 9.66. The monoisotopic (exact) mass is 418 g/mol. The molecular weight excluding hydrogens is 384 g/mol. The average Bonchev–Trinajstić information content (AvgIpc) is 2.84. The second kappa shape index (κ2) is 9.13. The number of amides is 1. The number of aliphatic hydroxyl groups excluding tert-OH is 1. The molecule has 1 amide bonds. The van der Waals surface area contributed by atoms with Gasteiger partial charge in [-0.25, -0.2) is 0 Å². The number of hydrogen-bond donors (Lipinski definition) is 1. The number of fused-ring (bicyclic) bond motifs is 1. The standard InChI is InChI=1S/C27H34N2O2/c30-26-19-24-23(12-7-15-29(24)27(31)22-10-5-2-6-11-22)18-25(26)28-16-13-21(14-17-28)20-8-3-1-4-9-20/h1-6,8-11,21,23-26,30H,7,12-19H2/t23-,24-,25-,26-/m1/s1. The molecule has 1 saturated carbocycles. The Morgan fingerprint density at radius 1 is 0.806 bits per heavy atom. The van der Waals surface area contributed by atoms with Crippen LogP contribution < -0.4 is 0 Å². The van der Waals surface area contributed by atoms with Crippen molar-refractivity contribution in [3.8, 4) is 0 Å². The zero-order valence-corrected chi connectivity index (χ0v) is 18.3. The molecule has 2 aliphatic heterocycles. The van der Waals surface area contributed by atoms with Gasteiger partial charge in [-0.05, 0) is 81.1 Å². The summed E-state index contributed by atoms with van der Waals surface area (Å²) >= 11 is 0. The Kier molecular flexibility index (Phi) is 6.10. The number of nitrogens with zero attached hydrogens (tertiary/aromatic N) is 2. The number of aliphatic hydroxyl groups is 1. The number of piperidine rings is 2. The summed E-state index contributed by atoms with van der Waals surface area (Å²) in [6.45, 7) is 2.94. The fraction of sp³-hybridized carbons (Fsp3) is 0.519. The first-order chi connectivity index (χ1) is 15.2. The van der Waals surface area contributed by atoms with E-state index < -0.39 is 0 Å². The van der Waals surface area contributed by atoms with Crippen molar-refractivity contribution < 1.29 is 9.90 Å². The number of rotatable bonds is 3. The fourth-order valence-corrected chi connectivity index (χ4v) is 6.28. The zero-order valence-electron chi connectivity index (χ0n) is 18.3. The van der Waals surface area contributed by atoms with Gasteiger partial charge in [0.05, 0.1) is 6.10 Å². The van der Waals surface area contributed by atoms with Crippen LogP contribution in [0, 0.1) is 5.92 Å².